The molecule has 0 saturated carbocycles. The fourth-order valence-corrected chi connectivity index (χ4v) is 0.947. The first kappa shape index (κ1) is 10.1. The van der Waals surface area contributed by atoms with Gasteiger partial charge >= 0.3 is 0 Å². The van der Waals surface area contributed by atoms with Crippen molar-refractivity contribution in [3.63, 3.8) is 0 Å². The third-order valence-electron chi connectivity index (χ3n) is 1.44. The summed E-state index contributed by atoms with van der Waals surface area (Å²) in [5, 5.41) is 10.3. The lowest BCUT2D eigenvalue weighted by atomic mass is 10.1. The van der Waals surface area contributed by atoms with Crippen LogP contribution in [0.4, 0.5) is 0 Å². The highest BCUT2D eigenvalue weighted by atomic mass is 16.6. The number of hydrogen-bond acceptors (Lipinski definition) is 3. The van der Waals surface area contributed by atoms with Crippen LogP contribution in [0.25, 0.3) is 0 Å². The van der Waals surface area contributed by atoms with Gasteiger partial charge in [-0.3, -0.25) is 14.9 Å². The molecule has 0 radical (unpaired) electrons. The van der Waals surface area contributed by atoms with Gasteiger partial charge in [-0.15, -0.1) is 0 Å². The summed E-state index contributed by atoms with van der Waals surface area (Å²) in [6.07, 6.45) is 1.31. The van der Waals surface area contributed by atoms with Gasteiger partial charge in [0.25, 0.3) is 0 Å². The van der Waals surface area contributed by atoms with Gasteiger partial charge in [-0.2, -0.15) is 0 Å². The Morgan fingerprint density at radius 3 is 2.45 bits per heavy atom. The summed E-state index contributed by atoms with van der Waals surface area (Å²) >= 11 is 0. The predicted molar refractivity (Wildman–Crippen MR) is 41.0 cm³/mol. The van der Waals surface area contributed by atoms with E-state index in [1.165, 1.54) is 6.92 Å². The first-order valence-corrected chi connectivity index (χ1v) is 3.70. The summed E-state index contributed by atoms with van der Waals surface area (Å²) in [6, 6.07) is -0.669. The van der Waals surface area contributed by atoms with Gasteiger partial charge in [0.15, 0.2) is 0 Å². The molecule has 0 aliphatic heterocycles. The average Bonchev–Trinajstić information content (AvgIpc) is 1.86. The smallest absolute Gasteiger partial charge is 0.220 e. The Morgan fingerprint density at radius 1 is 1.64 bits per heavy atom. The Hall–Kier alpha value is -0.930. The standard InChI is InChI=1S/C7H13NO3/c1-3-4-7(8(10)11)5-6(2)9/h7H,3-5H2,1-2H3. The minimum atomic E-state index is -0.669. The van der Waals surface area contributed by atoms with E-state index in [2.05, 4.69) is 0 Å². The molecule has 0 aromatic rings. The average molecular weight is 159 g/mol. The zero-order chi connectivity index (χ0) is 8.85. The van der Waals surface area contributed by atoms with Crippen molar-refractivity contribution in [2.45, 2.75) is 39.2 Å². The second-order valence-electron chi connectivity index (χ2n) is 2.63. The number of Topliss-reactive ketones (excluding diaryl/α,β-unsaturated/α-hetero) is 1. The van der Waals surface area contributed by atoms with E-state index < -0.39 is 6.04 Å². The van der Waals surface area contributed by atoms with Crippen LogP contribution in [0.2, 0.25) is 0 Å². The van der Waals surface area contributed by atoms with Crippen LogP contribution < -0.4 is 0 Å². The van der Waals surface area contributed by atoms with Crippen LogP contribution in [0, 0.1) is 10.1 Å². The second-order valence-corrected chi connectivity index (χ2v) is 2.63. The molecule has 64 valence electrons. The number of nitro groups is 1. The number of ketones is 1. The molecule has 0 bridgehead atoms. The van der Waals surface area contributed by atoms with Crippen molar-refractivity contribution in [3.8, 4) is 0 Å². The summed E-state index contributed by atoms with van der Waals surface area (Å²) in [4.78, 5) is 20.4. The van der Waals surface area contributed by atoms with E-state index in [4.69, 9.17) is 0 Å². The maximum Gasteiger partial charge on any atom is 0.220 e. The van der Waals surface area contributed by atoms with Crippen LogP contribution in [-0.4, -0.2) is 16.7 Å². The van der Waals surface area contributed by atoms with E-state index >= 15 is 0 Å². The van der Waals surface area contributed by atoms with Gasteiger partial charge in [0.1, 0.15) is 5.78 Å². The Balaban J connectivity index is 3.89. The van der Waals surface area contributed by atoms with Gasteiger partial charge in [-0.25, -0.2) is 0 Å². The monoisotopic (exact) mass is 159 g/mol. The molecule has 0 aromatic carbocycles. The van der Waals surface area contributed by atoms with Crippen molar-refractivity contribution < 1.29 is 9.72 Å². The molecule has 1 atom stereocenters. The normalized spacial score (nSPS) is 12.5. The zero-order valence-corrected chi connectivity index (χ0v) is 6.87. The minimum absolute atomic E-state index is 0.0703. The van der Waals surface area contributed by atoms with Crippen LogP contribution >= 0.6 is 0 Å². The van der Waals surface area contributed by atoms with Gasteiger partial charge in [-0.05, 0) is 13.3 Å². The van der Waals surface area contributed by atoms with Crippen molar-refractivity contribution in [1.82, 2.24) is 0 Å². The molecule has 0 aliphatic rings. The largest absolute Gasteiger partial charge is 0.300 e. The third-order valence-corrected chi connectivity index (χ3v) is 1.44. The molecule has 0 spiro atoms. The third kappa shape index (κ3) is 4.47. The highest BCUT2D eigenvalue weighted by Crippen LogP contribution is 2.05. The molecule has 0 aromatic heterocycles. The zero-order valence-electron chi connectivity index (χ0n) is 6.87. The van der Waals surface area contributed by atoms with Crippen molar-refractivity contribution in [1.29, 1.82) is 0 Å². The summed E-state index contributed by atoms with van der Waals surface area (Å²) in [6.45, 7) is 3.25. The minimum Gasteiger partial charge on any atom is -0.300 e. The first-order chi connectivity index (χ1) is 5.07. The maximum absolute atomic E-state index is 10.5. The number of carbonyl (C=O) groups is 1. The fraction of sp³-hybridized carbons (Fsp3) is 0.857. The summed E-state index contributed by atoms with van der Waals surface area (Å²) in [5.41, 5.74) is 0. The molecular formula is C7H13NO3. The van der Waals surface area contributed by atoms with Crippen LogP contribution in [0.15, 0.2) is 0 Å². The highest BCUT2D eigenvalue weighted by molar-refractivity contribution is 5.75. The van der Waals surface area contributed by atoms with Crippen molar-refractivity contribution in [3.05, 3.63) is 10.1 Å². The van der Waals surface area contributed by atoms with E-state index in [0.717, 1.165) is 6.42 Å². The lowest BCUT2D eigenvalue weighted by Crippen LogP contribution is -2.21. The second kappa shape index (κ2) is 4.82. The number of carbonyl (C=O) groups excluding carboxylic acids is 1. The van der Waals surface area contributed by atoms with Gasteiger partial charge in [0.05, 0.1) is 6.42 Å². The molecule has 0 heterocycles. The molecular weight excluding hydrogens is 146 g/mol. The molecule has 0 rings (SSSR count). The lowest BCUT2D eigenvalue weighted by molar-refractivity contribution is -0.522. The van der Waals surface area contributed by atoms with Gasteiger partial charge < -0.3 is 0 Å². The van der Waals surface area contributed by atoms with Gasteiger partial charge in [-0.1, -0.05) is 6.92 Å². The molecule has 4 heteroatoms. The van der Waals surface area contributed by atoms with E-state index in [1.54, 1.807) is 0 Å². The van der Waals surface area contributed by atoms with Crippen LogP contribution in [0.3, 0.4) is 0 Å². The van der Waals surface area contributed by atoms with Crippen LogP contribution in [0.1, 0.15) is 33.1 Å². The van der Waals surface area contributed by atoms with Crippen molar-refractivity contribution in [2.24, 2.45) is 0 Å². The molecule has 0 saturated heterocycles. The number of nitrogens with zero attached hydrogens (tertiary/aromatic N) is 1. The highest BCUT2D eigenvalue weighted by Gasteiger charge is 2.20. The van der Waals surface area contributed by atoms with Crippen LogP contribution in [-0.2, 0) is 4.79 Å². The van der Waals surface area contributed by atoms with Crippen LogP contribution in [0.5, 0.6) is 0 Å². The maximum atomic E-state index is 10.5. The Morgan fingerprint density at radius 2 is 2.18 bits per heavy atom. The summed E-state index contributed by atoms with van der Waals surface area (Å²) in [5.74, 6) is -0.111. The summed E-state index contributed by atoms with van der Waals surface area (Å²) < 4.78 is 0. The Bertz CT molecular complexity index is 156. The molecule has 0 amide bonds. The van der Waals surface area contributed by atoms with E-state index in [9.17, 15) is 14.9 Å². The van der Waals surface area contributed by atoms with Gasteiger partial charge in [0.2, 0.25) is 6.04 Å². The van der Waals surface area contributed by atoms with Crippen molar-refractivity contribution >= 4 is 5.78 Å². The first-order valence-electron chi connectivity index (χ1n) is 3.70. The quantitative estimate of drug-likeness (QED) is 0.450. The molecule has 1 unspecified atom stereocenters. The molecule has 4 nitrogen and oxygen atoms in total. The molecule has 0 aliphatic carbocycles. The topological polar surface area (TPSA) is 60.2 Å². The Kier molecular flexibility index (Phi) is 4.41. The molecule has 0 N–H and O–H groups in total. The molecule has 0 fully saturated rings. The van der Waals surface area contributed by atoms with E-state index in [1.807, 2.05) is 6.92 Å². The van der Waals surface area contributed by atoms with E-state index in [0.29, 0.717) is 6.42 Å². The number of hydrogen-bond donors (Lipinski definition) is 0. The molecule has 11 heavy (non-hydrogen) atoms. The Labute approximate surface area is 65.7 Å². The van der Waals surface area contributed by atoms with Crippen molar-refractivity contribution in [2.75, 3.05) is 0 Å². The lowest BCUT2D eigenvalue weighted by Gasteiger charge is -2.04. The fourth-order valence-electron chi connectivity index (χ4n) is 0.947. The number of rotatable bonds is 5. The predicted octanol–water partition coefficient (Wildman–Crippen LogP) is 1.41. The van der Waals surface area contributed by atoms with E-state index in [-0.39, 0.29) is 17.1 Å². The van der Waals surface area contributed by atoms with Gasteiger partial charge in [0, 0.05) is 11.3 Å². The SMILES string of the molecule is CCCC(CC(C)=O)[N+](=O)[O-]. The summed E-state index contributed by atoms with van der Waals surface area (Å²) in [7, 11) is 0.